The zero-order chi connectivity index (χ0) is 20.5. The van der Waals surface area contributed by atoms with E-state index in [0.29, 0.717) is 37.7 Å². The van der Waals surface area contributed by atoms with E-state index in [9.17, 15) is 9.18 Å². The van der Waals surface area contributed by atoms with Crippen LogP contribution in [-0.4, -0.2) is 32.4 Å². The maximum absolute atomic E-state index is 13.8. The largest absolute Gasteiger partial charge is 0.381 e. The Bertz CT molecular complexity index is 1090. The van der Waals surface area contributed by atoms with Crippen molar-refractivity contribution in [1.82, 2.24) is 19.2 Å². The first-order valence-corrected chi connectivity index (χ1v) is 11.0. The number of hydrogen-bond acceptors (Lipinski definition) is 4. The second-order valence-corrected chi connectivity index (χ2v) is 8.63. The van der Waals surface area contributed by atoms with E-state index in [-0.39, 0.29) is 17.3 Å². The van der Waals surface area contributed by atoms with Gasteiger partial charge in [-0.05, 0) is 49.3 Å². The van der Waals surface area contributed by atoms with Crippen LogP contribution in [0, 0.1) is 11.7 Å². The van der Waals surface area contributed by atoms with E-state index in [2.05, 4.69) is 10.2 Å². The normalized spacial score (nSPS) is 18.4. The van der Waals surface area contributed by atoms with E-state index < -0.39 is 0 Å². The minimum atomic E-state index is -0.259. The predicted octanol–water partition coefficient (Wildman–Crippen LogP) is 3.71. The fourth-order valence-electron chi connectivity index (χ4n) is 4.93. The van der Waals surface area contributed by atoms with Gasteiger partial charge in [-0.3, -0.25) is 9.20 Å². The van der Waals surface area contributed by atoms with Crippen LogP contribution in [0.15, 0.2) is 35.3 Å². The molecule has 1 aliphatic heterocycles. The van der Waals surface area contributed by atoms with Gasteiger partial charge >= 0.3 is 0 Å². The monoisotopic (exact) mass is 410 g/mol. The van der Waals surface area contributed by atoms with Crippen molar-refractivity contribution in [3.05, 3.63) is 63.7 Å². The van der Waals surface area contributed by atoms with Crippen LogP contribution in [0.25, 0.3) is 5.65 Å². The van der Waals surface area contributed by atoms with Gasteiger partial charge in [-0.2, -0.15) is 0 Å². The van der Waals surface area contributed by atoms with E-state index in [1.807, 2.05) is 21.2 Å². The number of nitrogens with zero attached hydrogens (tertiary/aromatic N) is 4. The molecule has 0 N–H and O–H groups in total. The summed E-state index contributed by atoms with van der Waals surface area (Å²) in [6, 6.07) is 6.61. The summed E-state index contributed by atoms with van der Waals surface area (Å²) < 4.78 is 23.0. The zero-order valence-corrected chi connectivity index (χ0v) is 17.1. The number of rotatable bonds is 5. The molecular formula is C23H27FN4O2. The third-order valence-electron chi connectivity index (χ3n) is 6.56. The Balaban J connectivity index is 1.60. The average Bonchev–Trinajstić information content (AvgIpc) is 3.41. The van der Waals surface area contributed by atoms with E-state index in [1.165, 1.54) is 18.9 Å². The molecule has 2 aliphatic rings. The van der Waals surface area contributed by atoms with Crippen LogP contribution >= 0.6 is 0 Å². The molecular weight excluding hydrogens is 383 g/mol. The number of aromatic nitrogens is 4. The van der Waals surface area contributed by atoms with Crippen LogP contribution in [0.5, 0.6) is 0 Å². The maximum atomic E-state index is 13.8. The highest BCUT2D eigenvalue weighted by Crippen LogP contribution is 2.28. The van der Waals surface area contributed by atoms with Gasteiger partial charge in [0.1, 0.15) is 11.6 Å². The van der Waals surface area contributed by atoms with Crippen LogP contribution in [0.1, 0.15) is 61.5 Å². The predicted molar refractivity (Wildman–Crippen MR) is 111 cm³/mol. The lowest BCUT2D eigenvalue weighted by molar-refractivity contribution is 0.0834. The van der Waals surface area contributed by atoms with Crippen molar-refractivity contribution in [2.45, 2.75) is 57.4 Å². The van der Waals surface area contributed by atoms with Gasteiger partial charge in [0.05, 0.1) is 0 Å². The van der Waals surface area contributed by atoms with E-state index >= 15 is 0 Å². The molecule has 0 bridgehead atoms. The van der Waals surface area contributed by atoms with Gasteiger partial charge < -0.3 is 9.30 Å². The Morgan fingerprint density at radius 1 is 1.10 bits per heavy atom. The van der Waals surface area contributed by atoms with Gasteiger partial charge in [-0.25, -0.2) is 4.39 Å². The fourth-order valence-corrected chi connectivity index (χ4v) is 4.93. The molecule has 30 heavy (non-hydrogen) atoms. The summed E-state index contributed by atoms with van der Waals surface area (Å²) in [5.41, 5.74) is 2.03. The molecule has 1 saturated carbocycles. The lowest BCUT2D eigenvalue weighted by Crippen LogP contribution is -2.29. The Kier molecular flexibility index (Phi) is 5.37. The van der Waals surface area contributed by atoms with E-state index in [0.717, 1.165) is 42.8 Å². The molecule has 3 aromatic rings. The summed E-state index contributed by atoms with van der Waals surface area (Å²) >= 11 is 0. The highest BCUT2D eigenvalue weighted by atomic mass is 19.1. The van der Waals surface area contributed by atoms with Gasteiger partial charge in [0.2, 0.25) is 5.65 Å². The molecule has 1 saturated heterocycles. The van der Waals surface area contributed by atoms with Crippen LogP contribution < -0.4 is 5.56 Å². The molecule has 0 amide bonds. The summed E-state index contributed by atoms with van der Waals surface area (Å²) in [7, 11) is 0. The molecule has 6 nitrogen and oxygen atoms in total. The van der Waals surface area contributed by atoms with Crippen molar-refractivity contribution < 1.29 is 9.13 Å². The number of fused-ring (bicyclic) bond motifs is 1. The Labute approximate surface area is 174 Å². The van der Waals surface area contributed by atoms with Gasteiger partial charge in [0, 0.05) is 44.0 Å². The molecule has 1 aliphatic carbocycles. The first kappa shape index (κ1) is 19.4. The van der Waals surface area contributed by atoms with Crippen LogP contribution in [0.4, 0.5) is 4.39 Å². The molecule has 0 spiro atoms. The number of hydrogen-bond donors (Lipinski definition) is 0. The molecule has 2 fully saturated rings. The minimum Gasteiger partial charge on any atom is -0.381 e. The molecule has 7 heteroatoms. The van der Waals surface area contributed by atoms with Crippen molar-refractivity contribution in [2.24, 2.45) is 5.92 Å². The smallest absolute Gasteiger partial charge is 0.296 e. The second-order valence-electron chi connectivity index (χ2n) is 8.63. The van der Waals surface area contributed by atoms with Crippen molar-refractivity contribution >= 4 is 5.65 Å². The summed E-state index contributed by atoms with van der Waals surface area (Å²) in [5, 5.41) is 8.67. The molecule has 0 unspecified atom stereocenters. The minimum absolute atomic E-state index is 0.0957. The summed E-state index contributed by atoms with van der Waals surface area (Å²) in [4.78, 5) is 13.4. The summed E-state index contributed by atoms with van der Waals surface area (Å²) in [6.45, 7) is 2.10. The van der Waals surface area contributed by atoms with Crippen LogP contribution in [0.2, 0.25) is 0 Å². The van der Waals surface area contributed by atoms with Gasteiger partial charge in [0.15, 0.2) is 0 Å². The molecule has 1 aromatic carbocycles. The fraction of sp³-hybridized carbons (Fsp3) is 0.522. The third-order valence-corrected chi connectivity index (χ3v) is 6.56. The molecule has 0 radical (unpaired) electrons. The van der Waals surface area contributed by atoms with Crippen LogP contribution in [-0.2, 0) is 17.7 Å². The van der Waals surface area contributed by atoms with E-state index in [4.69, 9.17) is 4.74 Å². The van der Waals surface area contributed by atoms with Crippen molar-refractivity contribution in [3.63, 3.8) is 0 Å². The van der Waals surface area contributed by atoms with Crippen LogP contribution in [0.3, 0.4) is 0 Å². The summed E-state index contributed by atoms with van der Waals surface area (Å²) in [6.07, 6.45) is 9.01. The lowest BCUT2D eigenvalue weighted by Gasteiger charge is -2.21. The quantitative estimate of drug-likeness (QED) is 0.643. The maximum Gasteiger partial charge on any atom is 0.296 e. The molecule has 3 heterocycles. The zero-order valence-electron chi connectivity index (χ0n) is 17.1. The van der Waals surface area contributed by atoms with Gasteiger partial charge in [-0.1, -0.05) is 25.0 Å². The van der Waals surface area contributed by atoms with E-state index in [1.54, 1.807) is 12.1 Å². The number of ether oxygens (including phenoxy) is 1. The van der Waals surface area contributed by atoms with Gasteiger partial charge in [0.25, 0.3) is 5.56 Å². The van der Waals surface area contributed by atoms with Crippen molar-refractivity contribution in [1.29, 1.82) is 0 Å². The van der Waals surface area contributed by atoms with Crippen molar-refractivity contribution in [2.75, 3.05) is 13.2 Å². The highest BCUT2D eigenvalue weighted by molar-refractivity contribution is 5.38. The number of benzene rings is 1. The molecule has 5 rings (SSSR count). The standard InChI is InChI=1S/C23H27FN4O2/c24-19-7-3-6-17(12-19)13-20-15-28-21(18-8-10-30-11-9-18)25-26-22(28)23(29)27(20)14-16-4-1-2-5-16/h3,6-7,12,15-16,18H,1-2,4-5,8-11,13-14H2. The van der Waals surface area contributed by atoms with Crippen molar-refractivity contribution in [3.8, 4) is 0 Å². The topological polar surface area (TPSA) is 61.4 Å². The molecule has 158 valence electrons. The number of halogens is 1. The Hall–Kier alpha value is -2.54. The summed E-state index contributed by atoms with van der Waals surface area (Å²) in [5.74, 6) is 1.32. The Morgan fingerprint density at radius 3 is 2.67 bits per heavy atom. The van der Waals surface area contributed by atoms with Gasteiger partial charge in [-0.15, -0.1) is 10.2 Å². The first-order valence-electron chi connectivity index (χ1n) is 11.0. The average molecular weight is 410 g/mol. The second kappa shape index (κ2) is 8.30. The SMILES string of the molecule is O=c1c2nnc(C3CCOCC3)n2cc(Cc2cccc(F)c2)n1CC1CCCC1. The molecule has 2 aromatic heterocycles. The molecule has 0 atom stereocenters. The lowest BCUT2D eigenvalue weighted by atomic mass is 9.99. The highest BCUT2D eigenvalue weighted by Gasteiger charge is 2.25. The first-order chi connectivity index (χ1) is 14.7. The third kappa shape index (κ3) is 3.78. The Morgan fingerprint density at radius 2 is 1.90 bits per heavy atom.